The molecule has 0 aromatic rings. The Balaban J connectivity index is 0.00000225. The van der Waals surface area contributed by atoms with Crippen molar-refractivity contribution < 1.29 is 17.1 Å². The summed E-state index contributed by atoms with van der Waals surface area (Å²) in [5, 5.41) is 10.7. The van der Waals surface area contributed by atoms with Crippen LogP contribution in [-0.4, -0.2) is 37.8 Å². The molecule has 0 aromatic heterocycles. The fourth-order valence-electron chi connectivity index (χ4n) is 2.69. The second-order valence-electron chi connectivity index (χ2n) is 4.47. The zero-order valence-electron chi connectivity index (χ0n) is 10.8. The minimum atomic E-state index is 0. The van der Waals surface area contributed by atoms with Crippen molar-refractivity contribution in [2.24, 2.45) is 0 Å². The van der Waals surface area contributed by atoms with E-state index < -0.39 is 0 Å². The molecule has 16 heavy (non-hydrogen) atoms. The molecule has 1 radical (unpaired) electrons. The van der Waals surface area contributed by atoms with Gasteiger partial charge in [0.15, 0.2) is 0 Å². The predicted molar refractivity (Wildman–Crippen MR) is 66.2 cm³/mol. The summed E-state index contributed by atoms with van der Waals surface area (Å²) in [6.45, 7) is 9.84. The van der Waals surface area contributed by atoms with Crippen LogP contribution in [0.25, 0.3) is 0 Å². The molecule has 0 saturated heterocycles. The van der Waals surface area contributed by atoms with Gasteiger partial charge in [-0.2, -0.15) is 0 Å². The van der Waals surface area contributed by atoms with Gasteiger partial charge in [-0.05, 0) is 38.9 Å². The first kappa shape index (κ1) is 16.4. The van der Waals surface area contributed by atoms with Crippen molar-refractivity contribution in [1.82, 2.24) is 16.0 Å². The maximum atomic E-state index is 3.58. The average molecular weight is 277 g/mol. The normalized spacial score (nSPS) is 29.8. The molecule has 0 atom stereocenters. The molecule has 0 aliphatic heterocycles. The summed E-state index contributed by atoms with van der Waals surface area (Å²) in [6, 6.07) is 2.07. The van der Waals surface area contributed by atoms with Gasteiger partial charge in [-0.25, -0.2) is 0 Å². The van der Waals surface area contributed by atoms with Crippen LogP contribution in [0, 0.1) is 0 Å². The fraction of sp³-hybridized carbons (Fsp3) is 1.00. The molecule has 1 aliphatic rings. The van der Waals surface area contributed by atoms with Crippen LogP contribution in [0.1, 0.15) is 40.0 Å². The third-order valence-electron chi connectivity index (χ3n) is 3.19. The Morgan fingerprint density at radius 3 is 1.12 bits per heavy atom. The molecule has 0 amide bonds. The van der Waals surface area contributed by atoms with E-state index in [9.17, 15) is 0 Å². The molecule has 1 fully saturated rings. The molecule has 0 aromatic carbocycles. The minimum Gasteiger partial charge on any atom is -0.314 e. The quantitative estimate of drug-likeness (QED) is 0.636. The molecule has 0 bridgehead atoms. The van der Waals surface area contributed by atoms with Crippen molar-refractivity contribution >= 4 is 0 Å². The Morgan fingerprint density at radius 1 is 0.688 bits per heavy atom. The summed E-state index contributed by atoms with van der Waals surface area (Å²) in [6.07, 6.45) is 3.84. The Kier molecular flexibility index (Phi) is 9.67. The third kappa shape index (κ3) is 5.65. The standard InChI is InChI=1S/C12H27N3.Cu/c1-4-13-10-7-11(14-5-2)9-12(8-10)15-6-3;/h10-15H,4-9H2,1-3H3;. The van der Waals surface area contributed by atoms with Gasteiger partial charge >= 0.3 is 0 Å². The van der Waals surface area contributed by atoms with Crippen LogP contribution in [-0.2, 0) is 17.1 Å². The smallest absolute Gasteiger partial charge is 0.00965 e. The van der Waals surface area contributed by atoms with E-state index in [4.69, 9.17) is 0 Å². The van der Waals surface area contributed by atoms with Gasteiger partial charge in [0.1, 0.15) is 0 Å². The average Bonchev–Trinajstić information content (AvgIpc) is 2.19. The Hall–Kier alpha value is 0.399. The number of rotatable bonds is 6. The van der Waals surface area contributed by atoms with E-state index in [0.29, 0.717) is 18.1 Å². The van der Waals surface area contributed by atoms with Crippen LogP contribution in [0.2, 0.25) is 0 Å². The van der Waals surface area contributed by atoms with Crippen molar-refractivity contribution in [3.63, 3.8) is 0 Å². The van der Waals surface area contributed by atoms with E-state index >= 15 is 0 Å². The predicted octanol–water partition coefficient (Wildman–Crippen LogP) is 1.10. The molecule has 0 heterocycles. The van der Waals surface area contributed by atoms with Crippen LogP contribution in [0.3, 0.4) is 0 Å². The summed E-state index contributed by atoms with van der Waals surface area (Å²) >= 11 is 0. The van der Waals surface area contributed by atoms with Gasteiger partial charge in [0.05, 0.1) is 0 Å². The monoisotopic (exact) mass is 276 g/mol. The minimum absolute atomic E-state index is 0. The molecule has 101 valence electrons. The van der Waals surface area contributed by atoms with Crippen molar-refractivity contribution in [1.29, 1.82) is 0 Å². The van der Waals surface area contributed by atoms with Crippen LogP contribution in [0.4, 0.5) is 0 Å². The molecule has 1 rings (SSSR count). The van der Waals surface area contributed by atoms with Crippen LogP contribution in [0.15, 0.2) is 0 Å². The third-order valence-corrected chi connectivity index (χ3v) is 3.19. The van der Waals surface area contributed by atoms with Crippen LogP contribution in [0.5, 0.6) is 0 Å². The van der Waals surface area contributed by atoms with Gasteiger partial charge in [-0.3, -0.25) is 0 Å². The Labute approximate surface area is 111 Å². The SMILES string of the molecule is CCNC1CC(NCC)CC(NCC)C1.[Cu]. The Bertz CT molecular complexity index is 132. The second-order valence-corrected chi connectivity index (χ2v) is 4.47. The van der Waals surface area contributed by atoms with E-state index in [1.807, 2.05) is 0 Å². The van der Waals surface area contributed by atoms with E-state index in [2.05, 4.69) is 36.7 Å². The summed E-state index contributed by atoms with van der Waals surface area (Å²) in [7, 11) is 0. The summed E-state index contributed by atoms with van der Waals surface area (Å²) in [5.74, 6) is 0. The Morgan fingerprint density at radius 2 is 0.938 bits per heavy atom. The van der Waals surface area contributed by atoms with Crippen molar-refractivity contribution in [3.8, 4) is 0 Å². The molecule has 0 unspecified atom stereocenters. The first-order valence-electron chi connectivity index (χ1n) is 6.50. The van der Waals surface area contributed by atoms with Crippen molar-refractivity contribution in [2.45, 2.75) is 58.2 Å². The molecule has 4 heteroatoms. The van der Waals surface area contributed by atoms with E-state index in [1.54, 1.807) is 0 Å². The largest absolute Gasteiger partial charge is 0.314 e. The molecule has 0 spiro atoms. The van der Waals surface area contributed by atoms with Crippen molar-refractivity contribution in [2.75, 3.05) is 19.6 Å². The van der Waals surface area contributed by atoms with Gasteiger partial charge in [0.2, 0.25) is 0 Å². The van der Waals surface area contributed by atoms with Crippen LogP contribution >= 0.6 is 0 Å². The number of hydrogen-bond acceptors (Lipinski definition) is 3. The summed E-state index contributed by atoms with van der Waals surface area (Å²) in [5.41, 5.74) is 0. The van der Waals surface area contributed by atoms with Gasteiger partial charge in [-0.1, -0.05) is 20.8 Å². The zero-order valence-corrected chi connectivity index (χ0v) is 11.7. The first-order valence-corrected chi connectivity index (χ1v) is 6.50. The number of hydrogen-bond donors (Lipinski definition) is 3. The summed E-state index contributed by atoms with van der Waals surface area (Å²) in [4.78, 5) is 0. The molecule has 1 aliphatic carbocycles. The molecular formula is C12H27CuN3. The molecule has 1 saturated carbocycles. The topological polar surface area (TPSA) is 36.1 Å². The maximum Gasteiger partial charge on any atom is 0.00965 e. The van der Waals surface area contributed by atoms with Gasteiger partial charge in [0.25, 0.3) is 0 Å². The maximum absolute atomic E-state index is 3.58. The second kappa shape index (κ2) is 9.43. The molecular weight excluding hydrogens is 250 g/mol. The van der Waals surface area contributed by atoms with Gasteiger partial charge in [0, 0.05) is 35.2 Å². The first-order chi connectivity index (χ1) is 7.30. The van der Waals surface area contributed by atoms with Gasteiger partial charge in [-0.15, -0.1) is 0 Å². The molecule has 3 nitrogen and oxygen atoms in total. The van der Waals surface area contributed by atoms with Gasteiger partial charge < -0.3 is 16.0 Å². The zero-order chi connectivity index (χ0) is 11.1. The molecule has 3 N–H and O–H groups in total. The van der Waals surface area contributed by atoms with Crippen molar-refractivity contribution in [3.05, 3.63) is 0 Å². The van der Waals surface area contributed by atoms with E-state index in [1.165, 1.54) is 19.3 Å². The van der Waals surface area contributed by atoms with E-state index in [-0.39, 0.29) is 17.1 Å². The summed E-state index contributed by atoms with van der Waals surface area (Å²) < 4.78 is 0. The fourth-order valence-corrected chi connectivity index (χ4v) is 2.69. The number of nitrogens with one attached hydrogen (secondary N) is 3. The van der Waals surface area contributed by atoms with Crippen LogP contribution < -0.4 is 16.0 Å². The van der Waals surface area contributed by atoms with E-state index in [0.717, 1.165) is 19.6 Å².